The minimum Gasteiger partial charge on any atom is -0.328 e. The Balaban J connectivity index is 2.29. The summed E-state index contributed by atoms with van der Waals surface area (Å²) in [5, 5.41) is 0. The highest BCUT2D eigenvalue weighted by Gasteiger charge is 2.13. The average Bonchev–Trinajstić information content (AvgIpc) is 2.03. The van der Waals surface area contributed by atoms with Gasteiger partial charge in [0.2, 0.25) is 0 Å². The zero-order valence-electron chi connectivity index (χ0n) is 6.97. The number of nitrogens with zero attached hydrogens (tertiary/aromatic N) is 1. The Labute approximate surface area is 70.9 Å². The molecule has 0 saturated heterocycles. The largest absolute Gasteiger partial charge is 0.328 e. The van der Waals surface area contributed by atoms with Crippen LogP contribution in [0, 0.1) is 0 Å². The van der Waals surface area contributed by atoms with Crippen LogP contribution in [0.5, 0.6) is 0 Å². The van der Waals surface area contributed by atoms with Gasteiger partial charge in [-0.25, -0.2) is 8.78 Å². The maximum absolute atomic E-state index is 11.7. The zero-order valence-corrected chi connectivity index (χ0v) is 6.97. The topological polar surface area (TPSA) is 38.4 Å². The molecule has 70 valence electrons. The van der Waals surface area contributed by atoms with Crippen LogP contribution in [0.25, 0.3) is 0 Å². The van der Waals surface area contributed by atoms with Crippen LogP contribution in [0.4, 0.5) is 8.78 Å². The van der Waals surface area contributed by atoms with E-state index in [1.807, 2.05) is 0 Å². The molecule has 0 atom stereocenters. The van der Waals surface area contributed by atoms with E-state index in [1.54, 1.807) is 0 Å². The highest BCUT2D eigenvalue weighted by Crippen LogP contribution is 2.14. The number of alkyl halides is 2. The van der Waals surface area contributed by atoms with Gasteiger partial charge in [0.15, 0.2) is 0 Å². The van der Waals surface area contributed by atoms with Crippen LogP contribution in [-0.2, 0) is 0 Å². The number of aliphatic imine (C=N–C) groups is 1. The fourth-order valence-corrected chi connectivity index (χ4v) is 1.33. The Morgan fingerprint density at radius 1 is 1.42 bits per heavy atom. The highest BCUT2D eigenvalue weighted by molar-refractivity contribution is 5.85. The molecule has 1 aliphatic carbocycles. The van der Waals surface area contributed by atoms with Crippen molar-refractivity contribution in [1.29, 1.82) is 0 Å². The molecule has 1 fully saturated rings. The van der Waals surface area contributed by atoms with Crippen molar-refractivity contribution >= 4 is 5.71 Å². The van der Waals surface area contributed by atoms with Gasteiger partial charge in [0.05, 0.1) is 6.54 Å². The van der Waals surface area contributed by atoms with Gasteiger partial charge in [0.25, 0.3) is 6.43 Å². The van der Waals surface area contributed by atoms with Crippen LogP contribution in [0.15, 0.2) is 4.99 Å². The first-order valence-electron chi connectivity index (χ1n) is 4.24. The van der Waals surface area contributed by atoms with Gasteiger partial charge in [0, 0.05) is 11.8 Å². The van der Waals surface area contributed by atoms with Crippen molar-refractivity contribution in [2.75, 3.05) is 6.54 Å². The summed E-state index contributed by atoms with van der Waals surface area (Å²) in [6, 6.07) is 0.246. The summed E-state index contributed by atoms with van der Waals surface area (Å²) < 4.78 is 23.5. The lowest BCUT2D eigenvalue weighted by molar-refractivity contribution is 0.158. The molecule has 1 saturated carbocycles. The van der Waals surface area contributed by atoms with Gasteiger partial charge >= 0.3 is 0 Å². The molecule has 0 aromatic heterocycles. The van der Waals surface area contributed by atoms with Crippen LogP contribution in [0.2, 0.25) is 0 Å². The molecular formula is C8H14F2N2. The third-order valence-electron chi connectivity index (χ3n) is 2.06. The molecule has 0 aromatic carbocycles. The highest BCUT2D eigenvalue weighted by atomic mass is 19.3. The predicted octanol–water partition coefficient (Wildman–Crippen LogP) is 1.59. The molecule has 0 bridgehead atoms. The van der Waals surface area contributed by atoms with Crippen LogP contribution in [-0.4, -0.2) is 24.7 Å². The number of hydrogen-bond donors (Lipinski definition) is 1. The lowest BCUT2D eigenvalue weighted by Crippen LogP contribution is -2.26. The Morgan fingerprint density at radius 2 is 2.00 bits per heavy atom. The van der Waals surface area contributed by atoms with Crippen molar-refractivity contribution in [3.8, 4) is 0 Å². The van der Waals surface area contributed by atoms with Gasteiger partial charge in [0.1, 0.15) is 0 Å². The molecule has 0 aromatic rings. The molecule has 2 nitrogen and oxygen atoms in total. The molecule has 0 unspecified atom stereocenters. The van der Waals surface area contributed by atoms with Crippen molar-refractivity contribution in [3.05, 3.63) is 0 Å². The van der Waals surface area contributed by atoms with Crippen LogP contribution >= 0.6 is 0 Å². The summed E-state index contributed by atoms with van der Waals surface area (Å²) in [5.41, 5.74) is 6.56. The third-order valence-corrected chi connectivity index (χ3v) is 2.06. The number of rotatable bonds is 2. The maximum atomic E-state index is 11.7. The van der Waals surface area contributed by atoms with E-state index in [2.05, 4.69) is 4.99 Å². The molecular weight excluding hydrogens is 162 g/mol. The second kappa shape index (κ2) is 4.50. The Kier molecular flexibility index (Phi) is 3.59. The van der Waals surface area contributed by atoms with Gasteiger partial charge in [-0.3, -0.25) is 4.99 Å². The summed E-state index contributed by atoms with van der Waals surface area (Å²) in [6.45, 7) is -0.343. The smallest absolute Gasteiger partial charge is 0.257 e. The van der Waals surface area contributed by atoms with Crippen molar-refractivity contribution in [2.45, 2.75) is 38.2 Å². The van der Waals surface area contributed by atoms with Gasteiger partial charge in [-0.15, -0.1) is 0 Å². The maximum Gasteiger partial charge on any atom is 0.257 e. The van der Waals surface area contributed by atoms with Crippen molar-refractivity contribution in [2.24, 2.45) is 10.7 Å². The Bertz CT molecular complexity index is 158. The zero-order chi connectivity index (χ0) is 8.97. The monoisotopic (exact) mass is 176 g/mol. The summed E-state index contributed by atoms with van der Waals surface area (Å²) in [7, 11) is 0. The number of halogens is 2. The van der Waals surface area contributed by atoms with Gasteiger partial charge in [-0.05, 0) is 25.7 Å². The van der Waals surface area contributed by atoms with E-state index in [4.69, 9.17) is 5.73 Å². The minimum atomic E-state index is -2.31. The summed E-state index contributed by atoms with van der Waals surface area (Å²) in [5.74, 6) is 0. The van der Waals surface area contributed by atoms with E-state index in [9.17, 15) is 8.78 Å². The van der Waals surface area contributed by atoms with Crippen LogP contribution in [0.3, 0.4) is 0 Å². The summed E-state index contributed by atoms with van der Waals surface area (Å²) in [6.07, 6.45) is 1.07. The Hall–Kier alpha value is -0.510. The van der Waals surface area contributed by atoms with Gasteiger partial charge < -0.3 is 5.73 Å². The van der Waals surface area contributed by atoms with E-state index >= 15 is 0 Å². The summed E-state index contributed by atoms with van der Waals surface area (Å²) in [4.78, 5) is 3.83. The van der Waals surface area contributed by atoms with Crippen molar-refractivity contribution in [1.82, 2.24) is 0 Å². The normalized spacial score (nSPS) is 24.7. The first-order chi connectivity index (χ1) is 5.68. The molecule has 0 radical (unpaired) electrons. The van der Waals surface area contributed by atoms with E-state index in [1.165, 1.54) is 0 Å². The first-order valence-corrected chi connectivity index (χ1v) is 4.24. The standard InChI is InChI=1S/C8H14F2N2/c9-8(10)5-12-7-3-1-6(11)2-4-7/h6,8H,1-5,11H2. The fraction of sp³-hybridized carbons (Fsp3) is 0.875. The van der Waals surface area contributed by atoms with E-state index in [-0.39, 0.29) is 12.6 Å². The molecule has 0 heterocycles. The molecule has 0 spiro atoms. The molecule has 1 rings (SSSR count). The molecule has 4 heteroatoms. The molecule has 2 N–H and O–H groups in total. The van der Waals surface area contributed by atoms with Gasteiger partial charge in [-0.2, -0.15) is 0 Å². The third kappa shape index (κ3) is 3.26. The molecule has 0 aliphatic heterocycles. The quantitative estimate of drug-likeness (QED) is 0.681. The van der Waals surface area contributed by atoms with Crippen LogP contribution < -0.4 is 5.73 Å². The minimum absolute atomic E-state index is 0.246. The molecule has 12 heavy (non-hydrogen) atoms. The van der Waals surface area contributed by atoms with Crippen molar-refractivity contribution < 1.29 is 8.78 Å². The van der Waals surface area contributed by atoms with Crippen molar-refractivity contribution in [3.63, 3.8) is 0 Å². The lowest BCUT2D eigenvalue weighted by Gasteiger charge is -2.18. The van der Waals surface area contributed by atoms with E-state index < -0.39 is 6.43 Å². The Morgan fingerprint density at radius 3 is 2.50 bits per heavy atom. The number of nitrogens with two attached hydrogens (primary N) is 1. The fourth-order valence-electron chi connectivity index (χ4n) is 1.33. The van der Waals surface area contributed by atoms with Gasteiger partial charge in [-0.1, -0.05) is 0 Å². The summed E-state index contributed by atoms with van der Waals surface area (Å²) >= 11 is 0. The lowest BCUT2D eigenvalue weighted by atomic mass is 9.94. The van der Waals surface area contributed by atoms with E-state index in [0.29, 0.717) is 0 Å². The second-order valence-electron chi connectivity index (χ2n) is 3.14. The molecule has 1 aliphatic rings. The average molecular weight is 176 g/mol. The number of hydrogen-bond acceptors (Lipinski definition) is 2. The van der Waals surface area contributed by atoms with Crippen LogP contribution in [0.1, 0.15) is 25.7 Å². The molecule has 0 amide bonds. The predicted molar refractivity (Wildman–Crippen MR) is 44.7 cm³/mol. The first kappa shape index (κ1) is 9.58. The SMILES string of the molecule is NC1CCC(=NCC(F)F)CC1. The van der Waals surface area contributed by atoms with E-state index in [0.717, 1.165) is 31.4 Å². The second-order valence-corrected chi connectivity index (χ2v) is 3.14.